The van der Waals surface area contributed by atoms with Crippen molar-refractivity contribution in [2.24, 2.45) is 0 Å². The Bertz CT molecular complexity index is 655. The third-order valence-electron chi connectivity index (χ3n) is 5.61. The molecule has 1 aliphatic heterocycles. The zero-order valence-electron chi connectivity index (χ0n) is 16.6. The van der Waals surface area contributed by atoms with Crippen molar-refractivity contribution >= 4 is 0 Å². The van der Waals surface area contributed by atoms with Crippen molar-refractivity contribution in [2.45, 2.75) is 70.5 Å². The van der Waals surface area contributed by atoms with Crippen molar-refractivity contribution in [1.29, 1.82) is 0 Å². The Hall–Kier alpha value is -1.68. The monoisotopic (exact) mass is 359 g/mol. The molecule has 0 bridgehead atoms. The maximum Gasteiger partial charge on any atom is 0.161 e. The molecule has 4 heteroatoms. The molecular formula is C22H33NO3. The van der Waals surface area contributed by atoms with Crippen molar-refractivity contribution in [3.05, 3.63) is 35.5 Å². The van der Waals surface area contributed by atoms with Gasteiger partial charge in [0.2, 0.25) is 0 Å². The topological polar surface area (TPSA) is 41.9 Å². The molecule has 3 rings (SSSR count). The Balaban J connectivity index is 1.96. The number of likely N-dealkylation sites (tertiary alicyclic amines) is 1. The van der Waals surface area contributed by atoms with E-state index in [0.29, 0.717) is 6.61 Å². The number of fused-ring (bicyclic) bond motifs is 1. The molecule has 2 atom stereocenters. The highest BCUT2D eigenvalue weighted by Gasteiger charge is 2.45. The minimum atomic E-state index is -0.331. The molecule has 1 aromatic rings. The molecule has 1 aliphatic carbocycles. The number of hydrogen-bond donors (Lipinski definition) is 1. The molecule has 0 amide bonds. The van der Waals surface area contributed by atoms with Gasteiger partial charge in [-0.05, 0) is 63.3 Å². The van der Waals surface area contributed by atoms with Gasteiger partial charge in [-0.1, -0.05) is 19.4 Å². The lowest BCUT2D eigenvalue weighted by Crippen LogP contribution is -2.33. The molecule has 1 heterocycles. The lowest BCUT2D eigenvalue weighted by Gasteiger charge is -2.37. The molecule has 0 spiro atoms. The molecule has 0 aromatic heterocycles. The van der Waals surface area contributed by atoms with E-state index in [1.54, 1.807) is 0 Å². The van der Waals surface area contributed by atoms with Crippen LogP contribution in [0.5, 0.6) is 11.5 Å². The molecule has 144 valence electrons. The van der Waals surface area contributed by atoms with Gasteiger partial charge in [0.25, 0.3) is 0 Å². The molecule has 1 aromatic carbocycles. The predicted octanol–water partition coefficient (Wildman–Crippen LogP) is 4.26. The first kappa shape index (κ1) is 19.1. The number of allylic oxidation sites excluding steroid dienone is 1. The summed E-state index contributed by atoms with van der Waals surface area (Å²) in [5.74, 6) is 1.67. The highest BCUT2D eigenvalue weighted by molar-refractivity contribution is 5.49. The standard InChI is InChI=1S/C22H33NO3/c1-5-6-13-25-20-14-17(7-8-19(20)26-16(2)3)22-10-9-18(24)15-21(22)23(4)12-11-22/h7-8,14-16,18,24H,5-6,9-13H2,1-4H3/t18-,22+/m1/s1. The van der Waals surface area contributed by atoms with E-state index in [-0.39, 0.29) is 17.6 Å². The zero-order chi connectivity index (χ0) is 18.7. The van der Waals surface area contributed by atoms with Gasteiger partial charge in [0.15, 0.2) is 11.5 Å². The maximum absolute atomic E-state index is 10.1. The highest BCUT2D eigenvalue weighted by atomic mass is 16.5. The first-order valence-corrected chi connectivity index (χ1v) is 10.0. The number of benzene rings is 1. The lowest BCUT2D eigenvalue weighted by molar-refractivity contribution is 0.181. The number of ether oxygens (including phenoxy) is 2. The normalized spacial score (nSPS) is 25.2. The molecule has 1 N–H and O–H groups in total. The SMILES string of the molecule is CCCCOc1cc([C@@]23CC[C@@H](O)C=C2N(C)CC3)ccc1OC(C)C. The summed E-state index contributed by atoms with van der Waals surface area (Å²) in [6.45, 7) is 7.98. The van der Waals surface area contributed by atoms with E-state index in [9.17, 15) is 5.11 Å². The van der Waals surface area contributed by atoms with Gasteiger partial charge in [-0.15, -0.1) is 0 Å². The summed E-state index contributed by atoms with van der Waals surface area (Å²) in [6.07, 6.45) is 6.85. The second-order valence-corrected chi connectivity index (χ2v) is 7.94. The van der Waals surface area contributed by atoms with E-state index in [2.05, 4.69) is 37.1 Å². The van der Waals surface area contributed by atoms with Crippen LogP contribution in [0.15, 0.2) is 30.0 Å². The Morgan fingerprint density at radius 1 is 1.27 bits per heavy atom. The van der Waals surface area contributed by atoms with Crippen molar-refractivity contribution < 1.29 is 14.6 Å². The largest absolute Gasteiger partial charge is 0.490 e. The summed E-state index contributed by atoms with van der Waals surface area (Å²) in [5.41, 5.74) is 2.53. The molecule has 1 fully saturated rings. The Morgan fingerprint density at radius 3 is 2.81 bits per heavy atom. The van der Waals surface area contributed by atoms with Gasteiger partial charge in [-0.3, -0.25) is 0 Å². The van der Waals surface area contributed by atoms with Crippen LogP contribution in [0.3, 0.4) is 0 Å². The summed E-state index contributed by atoms with van der Waals surface area (Å²) in [5, 5.41) is 10.1. The maximum atomic E-state index is 10.1. The van der Waals surface area contributed by atoms with E-state index in [1.807, 2.05) is 19.9 Å². The minimum Gasteiger partial charge on any atom is -0.490 e. The summed E-state index contributed by atoms with van der Waals surface area (Å²) in [7, 11) is 2.13. The van der Waals surface area contributed by atoms with Crippen LogP contribution < -0.4 is 9.47 Å². The Labute approximate surface area is 157 Å². The van der Waals surface area contributed by atoms with E-state index >= 15 is 0 Å². The fraction of sp³-hybridized carbons (Fsp3) is 0.636. The van der Waals surface area contributed by atoms with Crippen LogP contribution in [0.4, 0.5) is 0 Å². The van der Waals surface area contributed by atoms with Crippen LogP contribution in [0.1, 0.15) is 58.4 Å². The highest BCUT2D eigenvalue weighted by Crippen LogP contribution is 2.50. The fourth-order valence-electron chi connectivity index (χ4n) is 4.20. The minimum absolute atomic E-state index is 0.00674. The van der Waals surface area contributed by atoms with E-state index < -0.39 is 0 Å². The molecule has 0 saturated carbocycles. The van der Waals surface area contributed by atoms with Crippen molar-refractivity contribution in [1.82, 2.24) is 4.90 Å². The number of aliphatic hydroxyl groups is 1. The van der Waals surface area contributed by atoms with Crippen LogP contribution in [0.25, 0.3) is 0 Å². The van der Waals surface area contributed by atoms with Gasteiger partial charge < -0.3 is 19.5 Å². The van der Waals surface area contributed by atoms with Gasteiger partial charge >= 0.3 is 0 Å². The molecule has 4 nitrogen and oxygen atoms in total. The van der Waals surface area contributed by atoms with E-state index in [1.165, 1.54) is 11.3 Å². The fourth-order valence-corrected chi connectivity index (χ4v) is 4.20. The van der Waals surface area contributed by atoms with Gasteiger partial charge in [-0.2, -0.15) is 0 Å². The predicted molar refractivity (Wildman–Crippen MR) is 105 cm³/mol. The quantitative estimate of drug-likeness (QED) is 0.739. The zero-order valence-corrected chi connectivity index (χ0v) is 16.6. The molecule has 0 radical (unpaired) electrons. The van der Waals surface area contributed by atoms with Gasteiger partial charge in [-0.25, -0.2) is 0 Å². The Kier molecular flexibility index (Phi) is 5.81. The third kappa shape index (κ3) is 3.71. The first-order chi connectivity index (χ1) is 12.5. The molecular weight excluding hydrogens is 326 g/mol. The van der Waals surface area contributed by atoms with Crippen LogP contribution in [-0.2, 0) is 5.41 Å². The number of likely N-dealkylation sites (N-methyl/N-ethyl adjacent to an activating group) is 1. The first-order valence-electron chi connectivity index (χ1n) is 10.0. The van der Waals surface area contributed by atoms with Crippen LogP contribution >= 0.6 is 0 Å². The lowest BCUT2D eigenvalue weighted by atomic mass is 9.70. The van der Waals surface area contributed by atoms with Crippen LogP contribution in [-0.4, -0.2) is 42.4 Å². The summed E-state index contributed by atoms with van der Waals surface area (Å²) < 4.78 is 12.1. The van der Waals surface area contributed by atoms with Crippen LogP contribution in [0, 0.1) is 0 Å². The van der Waals surface area contributed by atoms with Crippen molar-refractivity contribution in [2.75, 3.05) is 20.2 Å². The van der Waals surface area contributed by atoms with E-state index in [0.717, 1.165) is 50.1 Å². The smallest absolute Gasteiger partial charge is 0.161 e. The number of aliphatic hydroxyl groups excluding tert-OH is 1. The third-order valence-corrected chi connectivity index (χ3v) is 5.61. The average Bonchev–Trinajstić information content (AvgIpc) is 2.94. The number of nitrogens with zero attached hydrogens (tertiary/aromatic N) is 1. The molecule has 1 saturated heterocycles. The molecule has 0 unspecified atom stereocenters. The summed E-state index contributed by atoms with van der Waals surface area (Å²) >= 11 is 0. The van der Waals surface area contributed by atoms with Gasteiger partial charge in [0.1, 0.15) is 0 Å². The second kappa shape index (κ2) is 7.91. The average molecular weight is 360 g/mol. The van der Waals surface area contributed by atoms with E-state index in [4.69, 9.17) is 9.47 Å². The summed E-state index contributed by atoms with van der Waals surface area (Å²) in [4.78, 5) is 2.29. The molecule has 2 aliphatic rings. The number of hydrogen-bond acceptors (Lipinski definition) is 4. The van der Waals surface area contributed by atoms with Crippen molar-refractivity contribution in [3.63, 3.8) is 0 Å². The summed E-state index contributed by atoms with van der Waals surface area (Å²) in [6, 6.07) is 6.43. The Morgan fingerprint density at radius 2 is 2.08 bits per heavy atom. The van der Waals surface area contributed by atoms with Crippen LogP contribution in [0.2, 0.25) is 0 Å². The molecule has 26 heavy (non-hydrogen) atoms. The number of unbranched alkanes of at least 4 members (excludes halogenated alkanes) is 1. The number of rotatable bonds is 7. The second-order valence-electron chi connectivity index (χ2n) is 7.94. The van der Waals surface area contributed by atoms with Gasteiger partial charge in [0.05, 0.1) is 18.8 Å². The van der Waals surface area contributed by atoms with Crippen molar-refractivity contribution in [3.8, 4) is 11.5 Å². The van der Waals surface area contributed by atoms with Gasteiger partial charge in [0, 0.05) is 24.7 Å².